The van der Waals surface area contributed by atoms with Gasteiger partial charge in [0.25, 0.3) is 5.91 Å². The van der Waals surface area contributed by atoms with Gasteiger partial charge in [-0.1, -0.05) is 18.2 Å². The first-order valence-electron chi connectivity index (χ1n) is 11.4. The molecule has 0 saturated heterocycles. The van der Waals surface area contributed by atoms with Crippen LogP contribution in [0.25, 0.3) is 10.9 Å². The summed E-state index contributed by atoms with van der Waals surface area (Å²) in [6, 6.07) is 15.1. The van der Waals surface area contributed by atoms with Crippen LogP contribution in [0.2, 0.25) is 0 Å². The molecule has 0 unspecified atom stereocenters. The van der Waals surface area contributed by atoms with Crippen LogP contribution < -0.4 is 15.4 Å². The first-order chi connectivity index (χ1) is 16.6. The normalized spacial score (nSPS) is 15.0. The number of hydrogen-bond donors (Lipinski definition) is 3. The number of anilines is 1. The number of ether oxygens (including phenoxy) is 1. The van der Waals surface area contributed by atoms with Crippen molar-refractivity contribution in [3.63, 3.8) is 0 Å². The number of fused-ring (bicyclic) bond motifs is 2. The van der Waals surface area contributed by atoms with Gasteiger partial charge in [0.05, 0.1) is 18.7 Å². The number of aromatic amines is 1. The Kier molecular flexibility index (Phi) is 6.31. The molecule has 0 aliphatic heterocycles. The Balaban J connectivity index is 1.22. The average molecular weight is 475 g/mol. The second-order valence-electron chi connectivity index (χ2n) is 8.36. The lowest BCUT2D eigenvalue weighted by molar-refractivity contribution is -0.122. The van der Waals surface area contributed by atoms with Crippen molar-refractivity contribution in [2.24, 2.45) is 0 Å². The van der Waals surface area contributed by atoms with Gasteiger partial charge in [-0.05, 0) is 61.6 Å². The van der Waals surface area contributed by atoms with Crippen LogP contribution >= 0.6 is 11.3 Å². The first-order valence-corrected chi connectivity index (χ1v) is 12.2. The molecule has 0 spiro atoms. The van der Waals surface area contributed by atoms with Crippen molar-refractivity contribution < 1.29 is 14.3 Å². The lowest BCUT2D eigenvalue weighted by Gasteiger charge is -2.20. The van der Waals surface area contributed by atoms with Crippen LogP contribution in [0.3, 0.4) is 0 Å². The number of benzene rings is 2. The number of aryl methyl sites for hydroxylation is 1. The minimum Gasteiger partial charge on any atom is -0.497 e. The highest BCUT2D eigenvalue weighted by atomic mass is 32.1. The van der Waals surface area contributed by atoms with E-state index < -0.39 is 0 Å². The first kappa shape index (κ1) is 22.2. The summed E-state index contributed by atoms with van der Waals surface area (Å²) in [6.07, 6.45) is 5.34. The summed E-state index contributed by atoms with van der Waals surface area (Å²) in [7, 11) is 1.59. The number of amides is 2. The highest BCUT2D eigenvalue weighted by molar-refractivity contribution is 7.16. The van der Waals surface area contributed by atoms with Crippen molar-refractivity contribution in [1.29, 1.82) is 0 Å². The maximum atomic E-state index is 13.0. The molecule has 0 fully saturated rings. The van der Waals surface area contributed by atoms with Crippen LogP contribution in [0, 0.1) is 0 Å². The third-order valence-corrected chi connectivity index (χ3v) is 7.26. The molecule has 5 rings (SSSR count). The maximum absolute atomic E-state index is 13.0. The molecule has 2 aromatic carbocycles. The summed E-state index contributed by atoms with van der Waals surface area (Å²) in [5.41, 5.74) is 3.62. The van der Waals surface area contributed by atoms with Gasteiger partial charge in [-0.25, -0.2) is 4.98 Å². The van der Waals surface area contributed by atoms with Crippen LogP contribution in [0.1, 0.15) is 45.3 Å². The van der Waals surface area contributed by atoms with Gasteiger partial charge in [0.15, 0.2) is 5.13 Å². The highest BCUT2D eigenvalue weighted by Crippen LogP contribution is 2.37. The summed E-state index contributed by atoms with van der Waals surface area (Å²) in [4.78, 5) is 34.6. The van der Waals surface area contributed by atoms with Crippen LogP contribution in [0.4, 0.5) is 5.13 Å². The van der Waals surface area contributed by atoms with E-state index in [9.17, 15) is 9.59 Å². The van der Waals surface area contributed by atoms with Gasteiger partial charge in [-0.3, -0.25) is 14.9 Å². The Morgan fingerprint density at radius 2 is 2.00 bits per heavy atom. The topological polar surface area (TPSA) is 96.1 Å². The quantitative estimate of drug-likeness (QED) is 0.363. The SMILES string of the molecule is COc1ccc(C(=O)Nc2nc3c(s2)CCC[C@@H]3C(=O)NCCc2c[nH]c3ccccc23)cc1. The van der Waals surface area contributed by atoms with E-state index in [0.717, 1.165) is 41.8 Å². The van der Waals surface area contributed by atoms with Crippen molar-refractivity contribution in [2.45, 2.75) is 31.6 Å². The molecular weight excluding hydrogens is 448 g/mol. The summed E-state index contributed by atoms with van der Waals surface area (Å²) < 4.78 is 5.14. The number of hydrogen-bond acceptors (Lipinski definition) is 5. The highest BCUT2D eigenvalue weighted by Gasteiger charge is 2.30. The Labute approximate surface area is 201 Å². The molecule has 7 nitrogen and oxygen atoms in total. The van der Waals surface area contributed by atoms with Crippen molar-refractivity contribution >= 4 is 39.2 Å². The van der Waals surface area contributed by atoms with Gasteiger partial charge in [0, 0.05) is 34.1 Å². The third-order valence-electron chi connectivity index (χ3n) is 6.21. The molecule has 0 saturated carbocycles. The molecule has 0 bridgehead atoms. The van der Waals surface area contributed by atoms with Crippen molar-refractivity contribution in [2.75, 3.05) is 19.0 Å². The summed E-state index contributed by atoms with van der Waals surface area (Å²) >= 11 is 1.46. The third kappa shape index (κ3) is 4.54. The molecule has 0 radical (unpaired) electrons. The van der Waals surface area contributed by atoms with Crippen molar-refractivity contribution in [1.82, 2.24) is 15.3 Å². The summed E-state index contributed by atoms with van der Waals surface area (Å²) in [5, 5.41) is 7.70. The molecule has 2 aromatic heterocycles. The van der Waals surface area contributed by atoms with E-state index in [1.807, 2.05) is 24.4 Å². The smallest absolute Gasteiger partial charge is 0.257 e. The lowest BCUT2D eigenvalue weighted by Crippen LogP contribution is -2.32. The van der Waals surface area contributed by atoms with E-state index in [0.29, 0.717) is 23.0 Å². The minimum atomic E-state index is -0.283. The molecule has 2 heterocycles. The number of H-pyrrole nitrogens is 1. The van der Waals surface area contributed by atoms with Gasteiger partial charge in [-0.15, -0.1) is 11.3 Å². The number of methoxy groups -OCH3 is 1. The number of nitrogens with zero attached hydrogens (tertiary/aromatic N) is 1. The number of para-hydroxylation sites is 1. The second kappa shape index (κ2) is 9.69. The monoisotopic (exact) mass is 474 g/mol. The zero-order valence-corrected chi connectivity index (χ0v) is 19.7. The molecule has 34 heavy (non-hydrogen) atoms. The predicted octanol–water partition coefficient (Wildman–Crippen LogP) is 4.66. The Morgan fingerprint density at radius 1 is 1.18 bits per heavy atom. The summed E-state index contributed by atoms with van der Waals surface area (Å²) in [6.45, 7) is 0.567. The van der Waals surface area contributed by atoms with Gasteiger partial charge in [-0.2, -0.15) is 0 Å². The molecule has 1 aliphatic rings. The van der Waals surface area contributed by atoms with Gasteiger partial charge in [0.1, 0.15) is 5.75 Å². The molecule has 2 amide bonds. The van der Waals surface area contributed by atoms with Crippen LogP contribution in [0.5, 0.6) is 5.75 Å². The predicted molar refractivity (Wildman–Crippen MR) is 134 cm³/mol. The zero-order chi connectivity index (χ0) is 23.5. The fourth-order valence-electron chi connectivity index (χ4n) is 4.42. The van der Waals surface area contributed by atoms with E-state index in [4.69, 9.17) is 4.74 Å². The number of aromatic nitrogens is 2. The largest absolute Gasteiger partial charge is 0.497 e. The lowest BCUT2D eigenvalue weighted by atomic mass is 9.90. The molecule has 4 aromatic rings. The fraction of sp³-hybridized carbons (Fsp3) is 0.269. The van der Waals surface area contributed by atoms with E-state index in [1.165, 1.54) is 22.3 Å². The summed E-state index contributed by atoms with van der Waals surface area (Å²) in [5.74, 6) is 0.182. The maximum Gasteiger partial charge on any atom is 0.257 e. The number of carbonyl (C=O) groups is 2. The number of rotatable bonds is 7. The molecule has 174 valence electrons. The average Bonchev–Trinajstić information content (AvgIpc) is 3.47. The van der Waals surface area contributed by atoms with E-state index in [-0.39, 0.29) is 17.7 Å². The van der Waals surface area contributed by atoms with Crippen LogP contribution in [0.15, 0.2) is 54.7 Å². The van der Waals surface area contributed by atoms with Gasteiger partial charge >= 0.3 is 0 Å². The second-order valence-corrected chi connectivity index (χ2v) is 9.44. The Morgan fingerprint density at radius 3 is 2.82 bits per heavy atom. The number of thiazole rings is 1. The molecule has 3 N–H and O–H groups in total. The van der Waals surface area contributed by atoms with Crippen LogP contribution in [-0.2, 0) is 17.6 Å². The standard InChI is InChI=1S/C26H26N4O3S/c1-33-18-11-9-16(10-12-18)24(31)30-26-29-23-20(6-4-8-22(23)34-26)25(32)27-14-13-17-15-28-21-7-3-2-5-19(17)21/h2-3,5,7,9-12,15,20,28H,4,6,8,13-14H2,1H3,(H,27,32)(H,29,30,31)/t20-/m0/s1. The van der Waals surface area contributed by atoms with Crippen molar-refractivity contribution in [3.05, 3.63) is 76.4 Å². The van der Waals surface area contributed by atoms with E-state index in [2.05, 4.69) is 26.7 Å². The fourth-order valence-corrected chi connectivity index (χ4v) is 5.48. The number of nitrogens with one attached hydrogen (secondary N) is 3. The van der Waals surface area contributed by atoms with E-state index >= 15 is 0 Å². The van der Waals surface area contributed by atoms with E-state index in [1.54, 1.807) is 31.4 Å². The Hall–Kier alpha value is -3.65. The molecule has 1 atom stereocenters. The van der Waals surface area contributed by atoms with Gasteiger partial charge < -0.3 is 15.0 Å². The molecule has 1 aliphatic carbocycles. The van der Waals surface area contributed by atoms with Crippen molar-refractivity contribution in [3.8, 4) is 5.75 Å². The minimum absolute atomic E-state index is 0.000813. The van der Waals surface area contributed by atoms with Gasteiger partial charge in [0.2, 0.25) is 5.91 Å². The number of carbonyl (C=O) groups excluding carboxylic acids is 2. The molecular formula is C26H26N4O3S. The van der Waals surface area contributed by atoms with Crippen LogP contribution in [-0.4, -0.2) is 35.4 Å². The zero-order valence-electron chi connectivity index (χ0n) is 18.9. The molecule has 8 heteroatoms. The Bertz CT molecular complexity index is 1330.